The molecule has 0 aliphatic carbocycles. The molecule has 1 amide bonds. The average molecular weight is 453 g/mol. The third kappa shape index (κ3) is 5.85. The largest absolute Gasteiger partial charge is 0.497 e. The zero-order valence-corrected chi connectivity index (χ0v) is 19.2. The number of aromatic nitrogens is 1. The fourth-order valence-electron chi connectivity index (χ4n) is 4.16. The number of amidine groups is 1. The predicted molar refractivity (Wildman–Crippen MR) is 129 cm³/mol. The van der Waals surface area contributed by atoms with Crippen molar-refractivity contribution in [1.29, 1.82) is 0 Å². The molecular weight excluding hydrogens is 420 g/mol. The summed E-state index contributed by atoms with van der Waals surface area (Å²) in [6.45, 7) is 4.73. The molecule has 4 rings (SSSR count). The number of benzene rings is 1. The summed E-state index contributed by atoms with van der Waals surface area (Å²) in [4.78, 5) is 28.6. The van der Waals surface area contributed by atoms with Crippen LogP contribution in [0.5, 0.6) is 5.75 Å². The Labute approximate surface area is 194 Å². The smallest absolute Gasteiger partial charge is 0.263 e. The molecule has 0 saturated carbocycles. The quantitative estimate of drug-likeness (QED) is 0.390. The number of hydrogen-bond acceptors (Lipinski definition) is 7. The lowest BCUT2D eigenvalue weighted by Gasteiger charge is -2.35. The second-order valence-electron chi connectivity index (χ2n) is 8.27. The van der Waals surface area contributed by atoms with Crippen LogP contribution in [0.2, 0.25) is 0 Å². The standard InChI is InChI=1S/C24H32N6O3/c1-32-21-8-6-20(7-9-21)28-13-15-30(16-14-28)23(31)18-33-27-24(25)19-5-10-22(26-17-19)29-11-3-2-4-12-29/h5-10,17H,2-4,11-16,18H2,1H3,(H2,25,27). The van der Waals surface area contributed by atoms with Crippen molar-refractivity contribution < 1.29 is 14.4 Å². The van der Waals surface area contributed by atoms with Crippen LogP contribution in [0, 0.1) is 0 Å². The Balaban J connectivity index is 1.22. The van der Waals surface area contributed by atoms with Gasteiger partial charge < -0.3 is 30.0 Å². The third-order valence-corrected chi connectivity index (χ3v) is 6.14. The van der Waals surface area contributed by atoms with Gasteiger partial charge in [0.1, 0.15) is 11.6 Å². The summed E-state index contributed by atoms with van der Waals surface area (Å²) < 4.78 is 5.21. The summed E-state index contributed by atoms with van der Waals surface area (Å²) in [7, 11) is 1.65. The molecule has 0 radical (unpaired) electrons. The Morgan fingerprint density at radius 2 is 1.70 bits per heavy atom. The molecule has 2 aromatic rings. The second kappa shape index (κ2) is 10.9. The van der Waals surface area contributed by atoms with E-state index in [0.29, 0.717) is 18.7 Å². The summed E-state index contributed by atoms with van der Waals surface area (Å²) in [6, 6.07) is 11.8. The van der Waals surface area contributed by atoms with E-state index < -0.39 is 0 Å². The van der Waals surface area contributed by atoms with Gasteiger partial charge in [0, 0.05) is 56.7 Å². The molecule has 1 aromatic heterocycles. The van der Waals surface area contributed by atoms with Gasteiger partial charge in [-0.15, -0.1) is 0 Å². The van der Waals surface area contributed by atoms with Crippen LogP contribution in [0.3, 0.4) is 0 Å². The van der Waals surface area contributed by atoms with Gasteiger partial charge in [-0.05, 0) is 55.7 Å². The number of rotatable bonds is 7. The zero-order valence-electron chi connectivity index (χ0n) is 19.2. The highest BCUT2D eigenvalue weighted by atomic mass is 16.6. The van der Waals surface area contributed by atoms with E-state index >= 15 is 0 Å². The van der Waals surface area contributed by atoms with Crippen molar-refractivity contribution in [2.24, 2.45) is 10.9 Å². The molecule has 176 valence electrons. The first-order valence-corrected chi connectivity index (χ1v) is 11.5. The van der Waals surface area contributed by atoms with Crippen LogP contribution in [0.25, 0.3) is 0 Å². The summed E-state index contributed by atoms with van der Waals surface area (Å²) in [5, 5.41) is 3.92. The van der Waals surface area contributed by atoms with Crippen molar-refractivity contribution in [1.82, 2.24) is 9.88 Å². The number of nitrogens with zero attached hydrogens (tertiary/aromatic N) is 5. The van der Waals surface area contributed by atoms with E-state index in [1.807, 2.05) is 36.4 Å². The van der Waals surface area contributed by atoms with Gasteiger partial charge in [0.05, 0.1) is 7.11 Å². The maximum absolute atomic E-state index is 12.5. The molecule has 9 heteroatoms. The molecule has 2 aliphatic heterocycles. The Kier molecular flexibility index (Phi) is 7.49. The number of piperazine rings is 1. The first-order valence-electron chi connectivity index (χ1n) is 11.5. The van der Waals surface area contributed by atoms with Crippen molar-refractivity contribution >= 4 is 23.2 Å². The molecule has 2 fully saturated rings. The number of carbonyl (C=O) groups is 1. The average Bonchev–Trinajstić information content (AvgIpc) is 2.89. The molecule has 2 aliphatic rings. The highest BCUT2D eigenvalue weighted by molar-refractivity contribution is 5.97. The normalized spacial score (nSPS) is 17.1. The minimum atomic E-state index is -0.136. The van der Waals surface area contributed by atoms with Crippen LogP contribution in [-0.4, -0.2) is 74.6 Å². The number of methoxy groups -OCH3 is 1. The van der Waals surface area contributed by atoms with Crippen LogP contribution in [-0.2, 0) is 9.63 Å². The van der Waals surface area contributed by atoms with E-state index in [-0.39, 0.29) is 18.3 Å². The molecule has 0 bridgehead atoms. The number of hydrogen-bond donors (Lipinski definition) is 1. The van der Waals surface area contributed by atoms with Crippen molar-refractivity contribution in [2.45, 2.75) is 19.3 Å². The molecule has 0 spiro atoms. The number of amides is 1. The first kappa shape index (κ1) is 22.7. The lowest BCUT2D eigenvalue weighted by molar-refractivity contribution is -0.136. The topological polar surface area (TPSA) is 96.5 Å². The van der Waals surface area contributed by atoms with E-state index in [4.69, 9.17) is 15.3 Å². The fraction of sp³-hybridized carbons (Fsp3) is 0.458. The molecule has 33 heavy (non-hydrogen) atoms. The second-order valence-corrected chi connectivity index (χ2v) is 8.27. The summed E-state index contributed by atoms with van der Waals surface area (Å²) in [5.74, 6) is 1.90. The molecule has 2 N–H and O–H groups in total. The van der Waals surface area contributed by atoms with Gasteiger partial charge in [0.15, 0.2) is 12.4 Å². The van der Waals surface area contributed by atoms with E-state index in [1.54, 1.807) is 18.2 Å². The van der Waals surface area contributed by atoms with Crippen LogP contribution >= 0.6 is 0 Å². The van der Waals surface area contributed by atoms with Crippen molar-refractivity contribution in [3.8, 4) is 5.75 Å². The molecule has 3 heterocycles. The Bertz CT molecular complexity index is 934. The monoisotopic (exact) mass is 452 g/mol. The third-order valence-electron chi connectivity index (χ3n) is 6.14. The maximum atomic E-state index is 12.5. The molecule has 9 nitrogen and oxygen atoms in total. The lowest BCUT2D eigenvalue weighted by atomic mass is 10.1. The Morgan fingerprint density at radius 3 is 2.33 bits per heavy atom. The van der Waals surface area contributed by atoms with Crippen molar-refractivity contribution in [2.75, 3.05) is 62.8 Å². The Morgan fingerprint density at radius 1 is 0.970 bits per heavy atom. The number of piperidine rings is 1. The number of carbonyl (C=O) groups excluding carboxylic acids is 1. The van der Waals surface area contributed by atoms with Gasteiger partial charge in [-0.2, -0.15) is 0 Å². The van der Waals surface area contributed by atoms with Gasteiger partial charge in [0.2, 0.25) is 0 Å². The first-order chi connectivity index (χ1) is 16.1. The van der Waals surface area contributed by atoms with Crippen LogP contribution in [0.4, 0.5) is 11.5 Å². The molecule has 2 saturated heterocycles. The number of pyridine rings is 1. The number of ether oxygens (including phenoxy) is 1. The predicted octanol–water partition coefficient (Wildman–Crippen LogP) is 2.07. The maximum Gasteiger partial charge on any atom is 0.263 e. The van der Waals surface area contributed by atoms with Crippen LogP contribution in [0.1, 0.15) is 24.8 Å². The van der Waals surface area contributed by atoms with Crippen LogP contribution in [0.15, 0.2) is 47.8 Å². The van der Waals surface area contributed by atoms with Gasteiger partial charge >= 0.3 is 0 Å². The van der Waals surface area contributed by atoms with Gasteiger partial charge in [0.25, 0.3) is 5.91 Å². The highest BCUT2D eigenvalue weighted by Gasteiger charge is 2.21. The number of anilines is 2. The summed E-state index contributed by atoms with van der Waals surface area (Å²) in [5.41, 5.74) is 7.82. The lowest BCUT2D eigenvalue weighted by Crippen LogP contribution is -2.49. The number of oxime groups is 1. The van der Waals surface area contributed by atoms with E-state index in [2.05, 4.69) is 19.9 Å². The minimum Gasteiger partial charge on any atom is -0.497 e. The highest BCUT2D eigenvalue weighted by Crippen LogP contribution is 2.21. The molecule has 0 atom stereocenters. The summed E-state index contributed by atoms with van der Waals surface area (Å²) >= 11 is 0. The van der Waals surface area contributed by atoms with Crippen molar-refractivity contribution in [3.63, 3.8) is 0 Å². The van der Waals surface area contributed by atoms with Gasteiger partial charge in [-0.3, -0.25) is 4.79 Å². The van der Waals surface area contributed by atoms with E-state index in [9.17, 15) is 4.79 Å². The van der Waals surface area contributed by atoms with Gasteiger partial charge in [-0.1, -0.05) is 5.16 Å². The zero-order chi connectivity index (χ0) is 23.0. The molecule has 1 aromatic carbocycles. The molecule has 0 unspecified atom stereocenters. The minimum absolute atomic E-state index is 0.0977. The van der Waals surface area contributed by atoms with E-state index in [1.165, 1.54) is 19.3 Å². The Hall–Kier alpha value is -3.49. The van der Waals surface area contributed by atoms with Gasteiger partial charge in [-0.25, -0.2) is 4.98 Å². The SMILES string of the molecule is COc1ccc(N2CCN(C(=O)CO/N=C(/N)c3ccc(N4CCCCC4)nc3)CC2)cc1. The molecular formula is C24H32N6O3. The van der Waals surface area contributed by atoms with E-state index in [0.717, 1.165) is 43.4 Å². The fourth-order valence-corrected chi connectivity index (χ4v) is 4.16. The number of nitrogens with two attached hydrogens (primary N) is 1. The summed E-state index contributed by atoms with van der Waals surface area (Å²) in [6.07, 6.45) is 5.38. The van der Waals surface area contributed by atoms with Crippen molar-refractivity contribution in [3.05, 3.63) is 48.2 Å². The van der Waals surface area contributed by atoms with Crippen LogP contribution < -0.4 is 20.3 Å².